The van der Waals surface area contributed by atoms with Crippen LogP contribution in [0.3, 0.4) is 0 Å². The lowest BCUT2D eigenvalue weighted by molar-refractivity contribution is -0.115. The molecule has 6 nitrogen and oxygen atoms in total. The third kappa shape index (κ3) is 4.87. The molecule has 0 radical (unpaired) electrons. The lowest BCUT2D eigenvalue weighted by Crippen LogP contribution is -2.30. The molecule has 0 bridgehead atoms. The van der Waals surface area contributed by atoms with Gasteiger partial charge < -0.3 is 19.9 Å². The predicted octanol–water partition coefficient (Wildman–Crippen LogP) is 1.75. The fourth-order valence-electron chi connectivity index (χ4n) is 1.78. The molecule has 0 aliphatic heterocycles. The van der Waals surface area contributed by atoms with Crippen molar-refractivity contribution in [2.24, 2.45) is 7.05 Å². The average Bonchev–Trinajstić information content (AvgIpc) is 2.91. The van der Waals surface area contributed by atoms with E-state index in [2.05, 4.69) is 15.6 Å². The zero-order valence-electron chi connectivity index (χ0n) is 12.7. The van der Waals surface area contributed by atoms with Crippen molar-refractivity contribution >= 4 is 23.4 Å². The molecule has 1 aromatic heterocycles. The van der Waals surface area contributed by atoms with Crippen molar-refractivity contribution in [3.05, 3.63) is 36.7 Å². The average molecular weight is 320 g/mol. The molecule has 0 spiro atoms. The number of carbonyl (C=O) groups excluding carboxylic acids is 1. The largest absolute Gasteiger partial charge is 0.383 e. The predicted molar refractivity (Wildman–Crippen MR) is 87.1 cm³/mol. The minimum absolute atomic E-state index is 0.0796. The number of carbonyl (C=O) groups is 1. The number of hydrogen-bond donors (Lipinski definition) is 2. The monoisotopic (exact) mass is 320 g/mol. The number of methoxy groups -OCH3 is 1. The molecule has 2 N–H and O–H groups in total. The summed E-state index contributed by atoms with van der Waals surface area (Å²) < 4.78 is 6.86. The maximum atomic E-state index is 12.0. The third-order valence-corrected chi connectivity index (χ3v) is 4.06. The van der Waals surface area contributed by atoms with Crippen LogP contribution < -0.4 is 10.6 Å². The highest BCUT2D eigenvalue weighted by Gasteiger charge is 2.09. The summed E-state index contributed by atoms with van der Waals surface area (Å²) in [5, 5.41) is 6.81. The van der Waals surface area contributed by atoms with Gasteiger partial charge in [0.2, 0.25) is 5.91 Å². The Hall–Kier alpha value is -1.83. The molecular formula is C15H20N4O2S. The number of nitrogens with zero attached hydrogens (tertiary/aromatic N) is 2. The molecule has 118 valence electrons. The number of nitrogens with one attached hydrogen (secondary N) is 2. The molecule has 0 saturated heterocycles. The first kappa shape index (κ1) is 16.5. The molecule has 0 unspecified atom stereocenters. The van der Waals surface area contributed by atoms with Crippen LogP contribution >= 0.6 is 11.8 Å². The summed E-state index contributed by atoms with van der Waals surface area (Å²) in [7, 11) is 3.57. The number of rotatable bonds is 8. The van der Waals surface area contributed by atoms with Crippen LogP contribution in [0.1, 0.15) is 0 Å². The van der Waals surface area contributed by atoms with Gasteiger partial charge >= 0.3 is 0 Å². The Morgan fingerprint density at radius 2 is 2.23 bits per heavy atom. The molecule has 0 saturated carbocycles. The van der Waals surface area contributed by atoms with E-state index >= 15 is 0 Å². The zero-order valence-corrected chi connectivity index (χ0v) is 13.5. The Morgan fingerprint density at radius 3 is 2.95 bits per heavy atom. The van der Waals surface area contributed by atoms with Gasteiger partial charge in [-0.3, -0.25) is 4.79 Å². The molecule has 7 heteroatoms. The molecule has 0 fully saturated rings. The lowest BCUT2D eigenvalue weighted by atomic mass is 10.3. The second-order valence-electron chi connectivity index (χ2n) is 4.64. The van der Waals surface area contributed by atoms with E-state index in [1.165, 1.54) is 11.8 Å². The highest BCUT2D eigenvalue weighted by molar-refractivity contribution is 7.99. The molecule has 1 aromatic carbocycles. The second-order valence-corrected chi connectivity index (χ2v) is 5.65. The molecule has 0 aliphatic carbocycles. The van der Waals surface area contributed by atoms with Crippen molar-refractivity contribution in [3.63, 3.8) is 0 Å². The topological polar surface area (TPSA) is 68.2 Å². The molecule has 1 heterocycles. The minimum Gasteiger partial charge on any atom is -0.383 e. The normalized spacial score (nSPS) is 10.6. The maximum absolute atomic E-state index is 12.0. The number of benzene rings is 1. The summed E-state index contributed by atoms with van der Waals surface area (Å²) in [6, 6.07) is 7.69. The zero-order chi connectivity index (χ0) is 15.8. The summed E-state index contributed by atoms with van der Waals surface area (Å²) in [4.78, 5) is 17.2. The molecule has 1 amide bonds. The fourth-order valence-corrected chi connectivity index (χ4v) is 2.67. The Morgan fingerprint density at radius 1 is 1.41 bits per heavy atom. The third-order valence-electron chi connectivity index (χ3n) is 2.91. The number of aryl methyl sites for hydroxylation is 1. The Balaban J connectivity index is 1.96. The molecule has 2 rings (SSSR count). The van der Waals surface area contributed by atoms with Crippen molar-refractivity contribution in [1.29, 1.82) is 0 Å². The van der Waals surface area contributed by atoms with Crippen LogP contribution in [-0.2, 0) is 16.6 Å². The summed E-state index contributed by atoms with van der Waals surface area (Å²) in [6.07, 6.45) is 3.65. The number of amides is 1. The molecule has 22 heavy (non-hydrogen) atoms. The van der Waals surface area contributed by atoms with Gasteiger partial charge in [-0.15, -0.1) is 0 Å². The van der Waals surface area contributed by atoms with E-state index < -0.39 is 0 Å². The summed E-state index contributed by atoms with van der Waals surface area (Å²) in [5.74, 6) is -0.0796. The van der Waals surface area contributed by atoms with Gasteiger partial charge in [0.15, 0.2) is 5.16 Å². The van der Waals surface area contributed by atoms with Crippen molar-refractivity contribution in [1.82, 2.24) is 14.9 Å². The van der Waals surface area contributed by atoms with Crippen LogP contribution in [0.15, 0.2) is 46.7 Å². The van der Waals surface area contributed by atoms with E-state index in [9.17, 15) is 4.79 Å². The summed E-state index contributed by atoms with van der Waals surface area (Å²) in [6.45, 7) is 1.48. The van der Waals surface area contributed by atoms with Crippen LogP contribution in [0, 0.1) is 0 Å². The Kier molecular flexibility index (Phi) is 6.45. The van der Waals surface area contributed by atoms with Crippen molar-refractivity contribution < 1.29 is 9.53 Å². The van der Waals surface area contributed by atoms with Gasteiger partial charge in [-0.25, -0.2) is 4.98 Å². The SMILES string of the molecule is COCCNCC(=O)Nc1ccccc1Sc1nccn1C. The number of para-hydroxylation sites is 1. The quantitative estimate of drug-likeness (QED) is 0.725. The number of hydrogen-bond acceptors (Lipinski definition) is 5. The van der Waals surface area contributed by atoms with Crippen LogP contribution in [0.25, 0.3) is 0 Å². The number of ether oxygens (including phenoxy) is 1. The van der Waals surface area contributed by atoms with E-state index in [0.29, 0.717) is 13.2 Å². The van der Waals surface area contributed by atoms with Gasteiger partial charge in [0, 0.05) is 38.0 Å². The van der Waals surface area contributed by atoms with Gasteiger partial charge in [-0.05, 0) is 23.9 Å². The molecule has 0 atom stereocenters. The fraction of sp³-hybridized carbons (Fsp3) is 0.333. The van der Waals surface area contributed by atoms with Gasteiger partial charge in [-0.2, -0.15) is 0 Å². The van der Waals surface area contributed by atoms with Gasteiger partial charge in [0.1, 0.15) is 0 Å². The van der Waals surface area contributed by atoms with Crippen molar-refractivity contribution in [3.8, 4) is 0 Å². The number of anilines is 1. The van der Waals surface area contributed by atoms with Gasteiger partial charge in [0.25, 0.3) is 0 Å². The van der Waals surface area contributed by atoms with Gasteiger partial charge in [0.05, 0.1) is 18.8 Å². The van der Waals surface area contributed by atoms with Crippen LogP contribution in [-0.4, -0.2) is 42.3 Å². The smallest absolute Gasteiger partial charge is 0.238 e. The van der Waals surface area contributed by atoms with E-state index in [1.54, 1.807) is 13.3 Å². The molecule has 0 aliphatic rings. The van der Waals surface area contributed by atoms with Crippen molar-refractivity contribution in [2.45, 2.75) is 10.1 Å². The van der Waals surface area contributed by atoms with E-state index in [4.69, 9.17) is 4.74 Å². The van der Waals surface area contributed by atoms with Crippen LogP contribution in [0.2, 0.25) is 0 Å². The van der Waals surface area contributed by atoms with Gasteiger partial charge in [-0.1, -0.05) is 12.1 Å². The second kappa shape index (κ2) is 8.57. The Labute approximate surface area is 134 Å². The van der Waals surface area contributed by atoms with E-state index in [-0.39, 0.29) is 12.5 Å². The molecule has 2 aromatic rings. The first-order valence-corrected chi connectivity index (χ1v) is 7.76. The first-order chi connectivity index (χ1) is 10.7. The lowest BCUT2D eigenvalue weighted by Gasteiger charge is -2.11. The standard InChI is InChI=1S/C15H20N4O2S/c1-19-9-7-17-15(19)22-13-6-4-3-5-12(13)18-14(20)11-16-8-10-21-2/h3-7,9,16H,8,10-11H2,1-2H3,(H,18,20). The maximum Gasteiger partial charge on any atom is 0.238 e. The minimum atomic E-state index is -0.0796. The highest BCUT2D eigenvalue weighted by Crippen LogP contribution is 2.31. The first-order valence-electron chi connectivity index (χ1n) is 6.94. The van der Waals surface area contributed by atoms with E-state index in [0.717, 1.165) is 15.7 Å². The van der Waals surface area contributed by atoms with Crippen molar-refractivity contribution in [2.75, 3.05) is 32.1 Å². The van der Waals surface area contributed by atoms with E-state index in [1.807, 2.05) is 42.1 Å². The molecular weight excluding hydrogens is 300 g/mol. The van der Waals surface area contributed by atoms with Crippen LogP contribution in [0.4, 0.5) is 5.69 Å². The van der Waals surface area contributed by atoms with Crippen LogP contribution in [0.5, 0.6) is 0 Å². The number of imidazole rings is 1. The highest BCUT2D eigenvalue weighted by atomic mass is 32.2. The summed E-state index contributed by atoms with van der Waals surface area (Å²) >= 11 is 1.52. The Bertz CT molecular complexity index is 615. The number of aromatic nitrogens is 2. The summed E-state index contributed by atoms with van der Waals surface area (Å²) in [5.41, 5.74) is 0.786.